The maximum absolute atomic E-state index is 14.5. The van der Waals surface area contributed by atoms with Crippen molar-refractivity contribution >= 4 is 35.7 Å². The molecule has 316 valence electrons. The first kappa shape index (κ1) is 41.8. The number of ether oxygens (including phenoxy) is 1. The average molecular weight is 830 g/mol. The summed E-state index contributed by atoms with van der Waals surface area (Å²) in [6.45, 7) is 1.53. The molecule has 0 unspecified atom stereocenters. The Kier molecular flexibility index (Phi) is 13.2. The number of rotatable bonds is 17. The van der Waals surface area contributed by atoms with Crippen LogP contribution in [0.1, 0.15) is 53.8 Å². The lowest BCUT2D eigenvalue weighted by atomic mass is 9.98. The van der Waals surface area contributed by atoms with E-state index in [-0.39, 0.29) is 44.8 Å². The van der Waals surface area contributed by atoms with Crippen molar-refractivity contribution in [3.63, 3.8) is 0 Å². The first-order valence-corrected chi connectivity index (χ1v) is 20.1. The first-order chi connectivity index (χ1) is 29.5. The van der Waals surface area contributed by atoms with Gasteiger partial charge in [0, 0.05) is 55.5 Å². The van der Waals surface area contributed by atoms with E-state index in [1.54, 1.807) is 30.3 Å². The Bertz CT molecular complexity index is 2290. The molecule has 5 atom stereocenters. The molecule has 3 heterocycles. The summed E-state index contributed by atoms with van der Waals surface area (Å²) in [6, 6.07) is 19.0. The third-order valence-corrected chi connectivity index (χ3v) is 11.0. The number of amides is 5. The zero-order valence-electron chi connectivity index (χ0n) is 33.4. The van der Waals surface area contributed by atoms with Crippen LogP contribution in [0.15, 0.2) is 104 Å². The van der Waals surface area contributed by atoms with Crippen molar-refractivity contribution in [1.82, 2.24) is 46.1 Å². The van der Waals surface area contributed by atoms with Crippen molar-refractivity contribution in [3.8, 4) is 11.1 Å². The van der Waals surface area contributed by atoms with Crippen LogP contribution in [-0.4, -0.2) is 109 Å². The van der Waals surface area contributed by atoms with Gasteiger partial charge in [0.2, 0.25) is 23.6 Å². The molecule has 0 radical (unpaired) electrons. The molecule has 7 N–H and O–H groups in total. The predicted octanol–water partition coefficient (Wildman–Crippen LogP) is 2.62. The summed E-state index contributed by atoms with van der Waals surface area (Å²) in [7, 11) is 0. The monoisotopic (exact) mass is 829 g/mol. The molecule has 3 aromatic carbocycles. The van der Waals surface area contributed by atoms with Crippen LogP contribution < -0.4 is 21.3 Å². The van der Waals surface area contributed by atoms with E-state index in [0.717, 1.165) is 27.8 Å². The highest BCUT2D eigenvalue weighted by Crippen LogP contribution is 2.44. The van der Waals surface area contributed by atoms with Crippen molar-refractivity contribution in [2.75, 3.05) is 13.2 Å². The minimum atomic E-state index is -1.24. The Morgan fingerprint density at radius 2 is 1.31 bits per heavy atom. The molecule has 1 aliphatic heterocycles. The molecular formula is C44H47N9O8. The van der Waals surface area contributed by atoms with Crippen molar-refractivity contribution < 1.29 is 38.6 Å². The Morgan fingerprint density at radius 3 is 1.92 bits per heavy atom. The second-order valence-corrected chi connectivity index (χ2v) is 15.2. The minimum Gasteiger partial charge on any atom is -0.480 e. The van der Waals surface area contributed by atoms with Gasteiger partial charge in [-0.2, -0.15) is 0 Å². The van der Waals surface area contributed by atoms with E-state index in [9.17, 15) is 33.9 Å². The molecule has 2 aliphatic rings. The number of nitrogens with one attached hydrogen (secondary N) is 6. The molecule has 0 saturated carbocycles. The van der Waals surface area contributed by atoms with Gasteiger partial charge in [-0.05, 0) is 47.6 Å². The summed E-state index contributed by atoms with van der Waals surface area (Å²) in [5, 5.41) is 20.1. The fourth-order valence-electron chi connectivity index (χ4n) is 7.90. The topological polar surface area (TPSA) is 241 Å². The predicted molar refractivity (Wildman–Crippen MR) is 221 cm³/mol. The van der Waals surface area contributed by atoms with Crippen LogP contribution >= 0.6 is 0 Å². The number of carbonyl (C=O) groups excluding carboxylic acids is 5. The molecule has 17 nitrogen and oxygen atoms in total. The number of carboxylic acid groups (broad SMARTS) is 1. The molecular weight excluding hydrogens is 783 g/mol. The molecule has 0 spiro atoms. The Balaban J connectivity index is 1.06. The summed E-state index contributed by atoms with van der Waals surface area (Å²) in [5.74, 6) is -4.00. The molecule has 5 amide bonds. The van der Waals surface area contributed by atoms with Crippen LogP contribution in [0.3, 0.4) is 0 Å². The summed E-state index contributed by atoms with van der Waals surface area (Å²) in [4.78, 5) is 96.4. The van der Waals surface area contributed by atoms with E-state index in [0.29, 0.717) is 17.8 Å². The molecule has 61 heavy (non-hydrogen) atoms. The molecule has 1 fully saturated rings. The number of likely N-dealkylation sites (tertiary alicyclic amines) is 1. The van der Waals surface area contributed by atoms with Gasteiger partial charge in [0.1, 0.15) is 36.8 Å². The highest BCUT2D eigenvalue weighted by atomic mass is 16.5. The fraction of sp³-hybridized carbons (Fsp3) is 0.318. The number of aromatic amines is 2. The zero-order chi connectivity index (χ0) is 42.9. The van der Waals surface area contributed by atoms with Crippen LogP contribution in [0.2, 0.25) is 0 Å². The fourth-order valence-corrected chi connectivity index (χ4v) is 7.90. The smallest absolute Gasteiger partial charge is 0.407 e. The van der Waals surface area contributed by atoms with Crippen molar-refractivity contribution in [2.24, 2.45) is 0 Å². The van der Waals surface area contributed by atoms with Gasteiger partial charge < -0.3 is 46.0 Å². The summed E-state index contributed by atoms with van der Waals surface area (Å²) in [5.41, 5.74) is 5.98. The van der Waals surface area contributed by atoms with E-state index < -0.39 is 65.9 Å². The average Bonchev–Trinajstić information content (AvgIpc) is 4.11. The standard InChI is InChI=1S/C44H47N9O8/c1-26(43(58)59)49-39(54)35(18-27-10-3-2-4-11-27)50-41(56)38-16-9-17-53(38)42(57)37(20-29-22-46-25-48-29)51-40(55)36(19-28-21-45-24-47-28)52-44(60)61-23-34-32-14-7-5-12-30(32)31-13-6-8-15-33(31)34/h2-8,10-15,21-22,24-26,34-38H,9,16-20,23H2,1H3,(H,45,47)(H,46,48)(H,49,54)(H,50,56)(H,51,55)(H,52,60)(H,58,59)/t26-,35-,36-,37-,38-/m0/s1. The number of alkyl carbamates (subject to hydrolysis) is 1. The van der Waals surface area contributed by atoms with Gasteiger partial charge >= 0.3 is 12.1 Å². The van der Waals surface area contributed by atoms with E-state index in [2.05, 4.69) is 41.2 Å². The van der Waals surface area contributed by atoms with Gasteiger partial charge in [-0.15, -0.1) is 0 Å². The first-order valence-electron chi connectivity index (χ1n) is 20.1. The van der Waals surface area contributed by atoms with Crippen LogP contribution in [0, 0.1) is 0 Å². The molecule has 0 bridgehead atoms. The number of H-pyrrole nitrogens is 2. The largest absolute Gasteiger partial charge is 0.480 e. The number of imidazole rings is 2. The normalized spacial score (nSPS) is 16.3. The lowest BCUT2D eigenvalue weighted by Gasteiger charge is -2.30. The lowest BCUT2D eigenvalue weighted by molar-refractivity contribution is -0.143. The van der Waals surface area contributed by atoms with Crippen molar-refractivity contribution in [3.05, 3.63) is 132 Å². The number of aromatic nitrogens is 4. The number of carbonyl (C=O) groups is 6. The van der Waals surface area contributed by atoms with E-state index in [4.69, 9.17) is 4.74 Å². The van der Waals surface area contributed by atoms with Gasteiger partial charge in [0.15, 0.2) is 0 Å². The molecule has 7 rings (SSSR count). The number of carboxylic acids is 1. The third-order valence-electron chi connectivity index (χ3n) is 11.0. The summed E-state index contributed by atoms with van der Waals surface area (Å²) < 4.78 is 5.77. The number of hydrogen-bond donors (Lipinski definition) is 7. The zero-order valence-corrected chi connectivity index (χ0v) is 33.4. The Labute approximate surface area is 351 Å². The minimum absolute atomic E-state index is 0.0128. The third kappa shape index (κ3) is 10.1. The highest BCUT2D eigenvalue weighted by Gasteiger charge is 2.40. The van der Waals surface area contributed by atoms with Crippen LogP contribution in [0.25, 0.3) is 11.1 Å². The number of fused-ring (bicyclic) bond motifs is 3. The second kappa shape index (κ2) is 19.2. The Hall–Kier alpha value is -7.30. The van der Waals surface area contributed by atoms with Crippen LogP contribution in [0.4, 0.5) is 4.79 Å². The Morgan fingerprint density at radius 1 is 0.738 bits per heavy atom. The summed E-state index contributed by atoms with van der Waals surface area (Å²) in [6.07, 6.45) is 5.86. The van der Waals surface area contributed by atoms with Gasteiger partial charge in [-0.1, -0.05) is 78.9 Å². The van der Waals surface area contributed by atoms with E-state index in [1.165, 1.54) is 36.9 Å². The van der Waals surface area contributed by atoms with Crippen LogP contribution in [0.5, 0.6) is 0 Å². The molecule has 17 heteroatoms. The number of benzene rings is 3. The van der Waals surface area contributed by atoms with E-state index in [1.807, 2.05) is 48.5 Å². The number of nitrogens with zero attached hydrogens (tertiary/aromatic N) is 3. The van der Waals surface area contributed by atoms with Crippen molar-refractivity contribution in [2.45, 2.75) is 75.2 Å². The summed E-state index contributed by atoms with van der Waals surface area (Å²) >= 11 is 0. The lowest BCUT2D eigenvalue weighted by Crippen LogP contribution is -2.59. The van der Waals surface area contributed by atoms with Gasteiger partial charge in [-0.3, -0.25) is 24.0 Å². The van der Waals surface area contributed by atoms with Crippen molar-refractivity contribution in [1.29, 1.82) is 0 Å². The molecule has 5 aromatic rings. The van der Waals surface area contributed by atoms with Crippen LogP contribution in [-0.2, 0) is 48.0 Å². The maximum Gasteiger partial charge on any atom is 0.407 e. The van der Waals surface area contributed by atoms with E-state index >= 15 is 0 Å². The molecule has 2 aromatic heterocycles. The second-order valence-electron chi connectivity index (χ2n) is 15.2. The number of hydrogen-bond acceptors (Lipinski definition) is 9. The molecule has 1 aliphatic carbocycles. The number of aliphatic carboxylic acids is 1. The molecule has 1 saturated heterocycles. The van der Waals surface area contributed by atoms with Gasteiger partial charge in [0.05, 0.1) is 12.7 Å². The quantitative estimate of drug-likeness (QED) is 0.0723. The maximum atomic E-state index is 14.5. The highest BCUT2D eigenvalue weighted by molar-refractivity contribution is 5.96. The van der Waals surface area contributed by atoms with Gasteiger partial charge in [0.25, 0.3) is 0 Å². The van der Waals surface area contributed by atoms with Gasteiger partial charge in [-0.25, -0.2) is 14.8 Å². The SMILES string of the molecule is C[C@H](NC(=O)[C@H](Cc1ccccc1)NC(=O)[C@@H]1CCCN1C(=O)[C@H](Cc1cnc[nH]1)NC(=O)[C@H](Cc1cnc[nH]1)NC(=O)OCC1c2ccccc2-c2ccccc21)C(=O)O.